The standard InChI is InChI=1S/C20H23N3O4/c1-26-18-6-4-3-5-16(18)20(25)21-17-13-15(7-8-19(17)27-2)23-11-9-22(14-24)10-12-23/h3-8,13-14H,9-12H2,1-2H3,(H,21,25). The van der Waals surface area contributed by atoms with Crippen LogP contribution in [0.3, 0.4) is 0 Å². The Hall–Kier alpha value is -3.22. The van der Waals surface area contributed by atoms with Crippen molar-refractivity contribution in [2.24, 2.45) is 0 Å². The summed E-state index contributed by atoms with van der Waals surface area (Å²) in [6.07, 6.45) is 0.879. The minimum atomic E-state index is -0.270. The molecule has 1 fully saturated rings. The smallest absolute Gasteiger partial charge is 0.259 e. The van der Waals surface area contributed by atoms with E-state index < -0.39 is 0 Å². The van der Waals surface area contributed by atoms with Gasteiger partial charge in [0.2, 0.25) is 6.41 Å². The lowest BCUT2D eigenvalue weighted by Crippen LogP contribution is -2.45. The van der Waals surface area contributed by atoms with Gasteiger partial charge in [0, 0.05) is 31.9 Å². The van der Waals surface area contributed by atoms with Crippen LogP contribution in [0.1, 0.15) is 10.4 Å². The number of hydrogen-bond donors (Lipinski definition) is 1. The third kappa shape index (κ3) is 4.13. The first-order valence-corrected chi connectivity index (χ1v) is 8.73. The number of carbonyl (C=O) groups excluding carboxylic acids is 2. The number of hydrogen-bond acceptors (Lipinski definition) is 5. The van der Waals surface area contributed by atoms with Gasteiger partial charge in [-0.25, -0.2) is 0 Å². The van der Waals surface area contributed by atoms with E-state index in [2.05, 4.69) is 10.2 Å². The molecule has 0 radical (unpaired) electrons. The fraction of sp³-hybridized carbons (Fsp3) is 0.300. The minimum absolute atomic E-state index is 0.270. The van der Waals surface area contributed by atoms with Crippen LogP contribution in [0.4, 0.5) is 11.4 Å². The molecule has 0 aliphatic carbocycles. The van der Waals surface area contributed by atoms with Crippen LogP contribution in [0.2, 0.25) is 0 Å². The van der Waals surface area contributed by atoms with Crippen LogP contribution in [-0.2, 0) is 4.79 Å². The summed E-state index contributed by atoms with van der Waals surface area (Å²) >= 11 is 0. The number of carbonyl (C=O) groups is 2. The molecule has 1 saturated heterocycles. The first-order chi connectivity index (χ1) is 13.2. The van der Waals surface area contributed by atoms with E-state index in [4.69, 9.17) is 9.47 Å². The SMILES string of the molecule is COc1ccc(N2CCN(C=O)CC2)cc1NC(=O)c1ccccc1OC. The number of nitrogens with one attached hydrogen (secondary N) is 1. The molecule has 0 saturated carbocycles. The van der Waals surface area contributed by atoms with E-state index in [9.17, 15) is 9.59 Å². The highest BCUT2D eigenvalue weighted by molar-refractivity contribution is 6.07. The van der Waals surface area contributed by atoms with E-state index in [-0.39, 0.29) is 5.91 Å². The van der Waals surface area contributed by atoms with E-state index in [0.717, 1.165) is 25.2 Å². The van der Waals surface area contributed by atoms with Crippen molar-refractivity contribution in [3.63, 3.8) is 0 Å². The molecule has 2 aromatic rings. The van der Waals surface area contributed by atoms with Gasteiger partial charge < -0.3 is 24.6 Å². The van der Waals surface area contributed by atoms with Crippen molar-refractivity contribution in [3.8, 4) is 11.5 Å². The van der Waals surface area contributed by atoms with Crippen molar-refractivity contribution < 1.29 is 19.1 Å². The molecule has 2 aromatic carbocycles. The van der Waals surface area contributed by atoms with E-state index in [1.165, 1.54) is 7.11 Å². The maximum atomic E-state index is 12.7. The number of ether oxygens (including phenoxy) is 2. The molecule has 27 heavy (non-hydrogen) atoms. The number of para-hydroxylation sites is 1. The summed E-state index contributed by atoms with van der Waals surface area (Å²) in [4.78, 5) is 27.5. The average Bonchev–Trinajstić information content (AvgIpc) is 2.73. The van der Waals surface area contributed by atoms with Gasteiger partial charge in [0.1, 0.15) is 11.5 Å². The summed E-state index contributed by atoms with van der Waals surface area (Å²) in [5, 5.41) is 2.91. The van der Waals surface area contributed by atoms with Crippen molar-refractivity contribution in [2.75, 3.05) is 50.6 Å². The van der Waals surface area contributed by atoms with Gasteiger partial charge in [-0.05, 0) is 30.3 Å². The lowest BCUT2D eigenvalue weighted by atomic mass is 10.1. The Morgan fingerprint density at radius 1 is 1.00 bits per heavy atom. The van der Waals surface area contributed by atoms with Gasteiger partial charge in [-0.2, -0.15) is 0 Å². The second kappa shape index (κ2) is 8.44. The van der Waals surface area contributed by atoms with Gasteiger partial charge in [0.05, 0.1) is 25.5 Å². The van der Waals surface area contributed by atoms with Gasteiger partial charge in [-0.3, -0.25) is 9.59 Å². The first-order valence-electron chi connectivity index (χ1n) is 8.73. The van der Waals surface area contributed by atoms with Gasteiger partial charge in [0.25, 0.3) is 5.91 Å². The Morgan fingerprint density at radius 2 is 1.70 bits per heavy atom. The Balaban J connectivity index is 1.82. The van der Waals surface area contributed by atoms with Crippen LogP contribution in [0, 0.1) is 0 Å². The molecule has 1 aliphatic heterocycles. The van der Waals surface area contributed by atoms with Crippen molar-refractivity contribution in [1.82, 2.24) is 4.90 Å². The first kappa shape index (κ1) is 18.6. The molecule has 3 rings (SSSR count). The highest BCUT2D eigenvalue weighted by atomic mass is 16.5. The second-order valence-electron chi connectivity index (χ2n) is 6.17. The van der Waals surface area contributed by atoms with Gasteiger partial charge >= 0.3 is 0 Å². The fourth-order valence-corrected chi connectivity index (χ4v) is 3.10. The van der Waals surface area contributed by atoms with Gasteiger partial charge in [-0.1, -0.05) is 12.1 Å². The highest BCUT2D eigenvalue weighted by Crippen LogP contribution is 2.31. The molecule has 1 N–H and O–H groups in total. The maximum Gasteiger partial charge on any atom is 0.259 e. The zero-order chi connectivity index (χ0) is 19.2. The van der Waals surface area contributed by atoms with Crippen LogP contribution in [0.15, 0.2) is 42.5 Å². The number of rotatable bonds is 6. The van der Waals surface area contributed by atoms with Crippen LogP contribution in [0.5, 0.6) is 11.5 Å². The van der Waals surface area contributed by atoms with Crippen LogP contribution in [-0.4, -0.2) is 57.6 Å². The van der Waals surface area contributed by atoms with Crippen LogP contribution >= 0.6 is 0 Å². The van der Waals surface area contributed by atoms with E-state index in [1.54, 1.807) is 30.2 Å². The predicted molar refractivity (Wildman–Crippen MR) is 104 cm³/mol. The molecule has 7 nitrogen and oxygen atoms in total. The summed E-state index contributed by atoms with van der Waals surface area (Å²) in [5.74, 6) is 0.817. The zero-order valence-corrected chi connectivity index (χ0v) is 15.5. The van der Waals surface area contributed by atoms with Crippen molar-refractivity contribution in [1.29, 1.82) is 0 Å². The van der Waals surface area contributed by atoms with Crippen molar-refractivity contribution in [2.45, 2.75) is 0 Å². The molecule has 7 heteroatoms. The third-order valence-electron chi connectivity index (χ3n) is 4.61. The molecular formula is C20H23N3O4. The summed E-state index contributed by atoms with van der Waals surface area (Å²) in [7, 11) is 3.10. The molecule has 1 aliphatic rings. The quantitative estimate of drug-likeness (QED) is 0.791. The van der Waals surface area contributed by atoms with Crippen LogP contribution < -0.4 is 19.7 Å². The Morgan fingerprint density at radius 3 is 2.37 bits per heavy atom. The molecular weight excluding hydrogens is 346 g/mol. The number of amides is 2. The van der Waals surface area contributed by atoms with Crippen molar-refractivity contribution >= 4 is 23.7 Å². The normalized spacial score (nSPS) is 13.9. The molecule has 0 spiro atoms. The molecule has 0 unspecified atom stereocenters. The maximum absolute atomic E-state index is 12.7. The number of benzene rings is 2. The summed E-state index contributed by atoms with van der Waals surface area (Å²) in [5.41, 5.74) is 2.01. The van der Waals surface area contributed by atoms with Gasteiger partial charge in [-0.15, -0.1) is 0 Å². The molecule has 1 heterocycles. The van der Waals surface area contributed by atoms with Crippen molar-refractivity contribution in [3.05, 3.63) is 48.0 Å². The molecule has 0 bridgehead atoms. The Kier molecular flexibility index (Phi) is 5.80. The predicted octanol–water partition coefficient (Wildman–Crippen LogP) is 2.23. The lowest BCUT2D eigenvalue weighted by Gasteiger charge is -2.34. The number of methoxy groups -OCH3 is 2. The molecule has 0 aromatic heterocycles. The molecule has 2 amide bonds. The minimum Gasteiger partial charge on any atom is -0.496 e. The summed E-state index contributed by atoms with van der Waals surface area (Å²) in [6.45, 7) is 2.84. The fourth-order valence-electron chi connectivity index (χ4n) is 3.10. The van der Waals surface area contributed by atoms with E-state index in [1.807, 2.05) is 24.3 Å². The Labute approximate surface area is 158 Å². The molecule has 142 valence electrons. The zero-order valence-electron chi connectivity index (χ0n) is 15.5. The Bertz CT molecular complexity index is 817. The lowest BCUT2D eigenvalue weighted by molar-refractivity contribution is -0.118. The summed E-state index contributed by atoms with van der Waals surface area (Å²) in [6, 6.07) is 12.7. The van der Waals surface area contributed by atoms with Gasteiger partial charge in [0.15, 0.2) is 0 Å². The third-order valence-corrected chi connectivity index (χ3v) is 4.61. The van der Waals surface area contributed by atoms with E-state index >= 15 is 0 Å². The largest absolute Gasteiger partial charge is 0.496 e. The van der Waals surface area contributed by atoms with E-state index in [0.29, 0.717) is 35.8 Å². The second-order valence-corrected chi connectivity index (χ2v) is 6.17. The number of nitrogens with zero attached hydrogens (tertiary/aromatic N) is 2. The van der Waals surface area contributed by atoms with Crippen LogP contribution in [0.25, 0.3) is 0 Å². The number of piperazine rings is 1. The summed E-state index contributed by atoms with van der Waals surface area (Å²) < 4.78 is 10.7. The average molecular weight is 369 g/mol. The molecule has 0 atom stereocenters. The highest BCUT2D eigenvalue weighted by Gasteiger charge is 2.19. The number of anilines is 2. The topological polar surface area (TPSA) is 71.1 Å². The monoisotopic (exact) mass is 369 g/mol.